The van der Waals surface area contributed by atoms with Gasteiger partial charge in [-0.15, -0.1) is 0 Å². The van der Waals surface area contributed by atoms with Gasteiger partial charge in [0.1, 0.15) is 17.1 Å². The first-order chi connectivity index (χ1) is 16.8. The molecule has 3 N–H and O–H groups in total. The van der Waals surface area contributed by atoms with Crippen molar-refractivity contribution in [2.45, 2.75) is 6.92 Å². The van der Waals surface area contributed by atoms with E-state index in [2.05, 4.69) is 10.6 Å². The molecule has 0 radical (unpaired) electrons. The van der Waals surface area contributed by atoms with Crippen LogP contribution in [-0.2, 0) is 14.4 Å². The fraction of sp³-hybridized carbons (Fsp3) is 0.0769. The molecule has 1 aliphatic heterocycles. The summed E-state index contributed by atoms with van der Waals surface area (Å²) in [6.45, 7) is 1.71. The van der Waals surface area contributed by atoms with Crippen LogP contribution in [0.25, 0.3) is 6.08 Å². The quantitative estimate of drug-likeness (QED) is 0.374. The number of hydrogen-bond acceptors (Lipinski definition) is 6. The van der Waals surface area contributed by atoms with E-state index in [1.165, 1.54) is 30.3 Å². The minimum atomic E-state index is -0.889. The van der Waals surface area contributed by atoms with Gasteiger partial charge in [-0.3, -0.25) is 19.7 Å². The van der Waals surface area contributed by atoms with Crippen LogP contribution in [-0.4, -0.2) is 35.5 Å². The number of rotatable bonds is 6. The van der Waals surface area contributed by atoms with E-state index in [1.807, 2.05) is 19.1 Å². The SMILES string of the molecule is Cc1ccc(NC(=O)COc2cccc(/C=C3/C(=O)NC(=O)N(c4ccc(O)cc4)C3=O)c2)cc1. The first-order valence-corrected chi connectivity index (χ1v) is 10.6. The number of barbiturate groups is 1. The molecule has 0 aliphatic carbocycles. The molecule has 1 fully saturated rings. The van der Waals surface area contributed by atoms with Crippen LogP contribution in [0.1, 0.15) is 11.1 Å². The van der Waals surface area contributed by atoms with Crippen molar-refractivity contribution in [2.75, 3.05) is 16.8 Å². The van der Waals surface area contributed by atoms with Crippen molar-refractivity contribution in [2.24, 2.45) is 0 Å². The van der Waals surface area contributed by atoms with Gasteiger partial charge in [-0.05, 0) is 67.1 Å². The van der Waals surface area contributed by atoms with Crippen molar-refractivity contribution in [3.05, 3.63) is 89.5 Å². The molecule has 35 heavy (non-hydrogen) atoms. The molecule has 0 bridgehead atoms. The highest BCUT2D eigenvalue weighted by atomic mass is 16.5. The first-order valence-electron chi connectivity index (χ1n) is 10.6. The van der Waals surface area contributed by atoms with E-state index in [4.69, 9.17) is 4.74 Å². The molecule has 1 aliphatic rings. The maximum absolute atomic E-state index is 13.0. The normalized spacial score (nSPS) is 14.6. The van der Waals surface area contributed by atoms with E-state index < -0.39 is 17.8 Å². The number of nitrogens with zero attached hydrogens (tertiary/aromatic N) is 1. The summed E-state index contributed by atoms with van der Waals surface area (Å²) in [4.78, 5) is 50.6. The van der Waals surface area contributed by atoms with Crippen LogP contribution in [0, 0.1) is 6.92 Å². The Hall–Kier alpha value is -4.92. The minimum Gasteiger partial charge on any atom is -0.508 e. The molecule has 0 saturated carbocycles. The van der Waals surface area contributed by atoms with Gasteiger partial charge in [0.05, 0.1) is 5.69 Å². The number of carbonyl (C=O) groups is 4. The van der Waals surface area contributed by atoms with Gasteiger partial charge in [0.25, 0.3) is 17.7 Å². The van der Waals surface area contributed by atoms with Gasteiger partial charge in [-0.1, -0.05) is 29.8 Å². The van der Waals surface area contributed by atoms with Crippen molar-refractivity contribution in [3.63, 3.8) is 0 Å². The number of nitrogens with one attached hydrogen (secondary N) is 2. The van der Waals surface area contributed by atoms with Crippen LogP contribution in [0.4, 0.5) is 16.2 Å². The van der Waals surface area contributed by atoms with Crippen LogP contribution in [0.3, 0.4) is 0 Å². The lowest BCUT2D eigenvalue weighted by molar-refractivity contribution is -0.122. The molecular weight excluding hydrogens is 450 g/mol. The summed E-state index contributed by atoms with van der Waals surface area (Å²) in [6.07, 6.45) is 1.33. The molecule has 3 aromatic carbocycles. The molecule has 9 nitrogen and oxygen atoms in total. The number of ether oxygens (including phenoxy) is 1. The van der Waals surface area contributed by atoms with Gasteiger partial charge in [-0.2, -0.15) is 0 Å². The number of hydrogen-bond donors (Lipinski definition) is 3. The number of imide groups is 2. The molecule has 5 amide bonds. The van der Waals surface area contributed by atoms with Gasteiger partial charge in [0.15, 0.2) is 6.61 Å². The number of aryl methyl sites for hydroxylation is 1. The van der Waals surface area contributed by atoms with Gasteiger partial charge < -0.3 is 15.2 Å². The van der Waals surface area contributed by atoms with E-state index >= 15 is 0 Å². The molecular formula is C26H21N3O6. The second-order valence-electron chi connectivity index (χ2n) is 7.75. The summed E-state index contributed by atoms with van der Waals surface area (Å²) < 4.78 is 5.55. The van der Waals surface area contributed by atoms with Crippen molar-refractivity contribution >= 4 is 41.2 Å². The van der Waals surface area contributed by atoms with Crippen LogP contribution in [0.2, 0.25) is 0 Å². The lowest BCUT2D eigenvalue weighted by atomic mass is 10.1. The third-order valence-corrected chi connectivity index (χ3v) is 5.08. The third-order valence-electron chi connectivity index (χ3n) is 5.08. The predicted molar refractivity (Wildman–Crippen MR) is 129 cm³/mol. The lowest BCUT2D eigenvalue weighted by Gasteiger charge is -2.26. The van der Waals surface area contributed by atoms with Gasteiger partial charge in [0.2, 0.25) is 0 Å². The van der Waals surface area contributed by atoms with Crippen LogP contribution in [0.15, 0.2) is 78.4 Å². The van der Waals surface area contributed by atoms with Crippen LogP contribution < -0.4 is 20.3 Å². The van der Waals surface area contributed by atoms with Gasteiger partial charge in [-0.25, -0.2) is 9.69 Å². The number of carbonyl (C=O) groups excluding carboxylic acids is 4. The molecule has 0 spiro atoms. The monoisotopic (exact) mass is 471 g/mol. The standard InChI is InChI=1S/C26H21N3O6/c1-16-5-7-18(8-6-16)27-23(31)15-35-21-4-2-3-17(13-21)14-22-24(32)28-26(34)29(25(22)33)19-9-11-20(30)12-10-19/h2-14,30H,15H2,1H3,(H,27,31)(H,28,32,34)/b22-14-. The Bertz CT molecular complexity index is 1330. The summed E-state index contributed by atoms with van der Waals surface area (Å²) in [6, 6.07) is 18.4. The number of aromatic hydroxyl groups is 1. The van der Waals surface area contributed by atoms with Crippen LogP contribution >= 0.6 is 0 Å². The van der Waals surface area contributed by atoms with E-state index in [1.54, 1.807) is 36.4 Å². The topological polar surface area (TPSA) is 125 Å². The number of benzene rings is 3. The molecule has 176 valence electrons. The number of phenolic OH excluding ortho intramolecular Hbond substituents is 1. The predicted octanol–water partition coefficient (Wildman–Crippen LogP) is 3.38. The molecule has 3 aromatic rings. The number of amides is 5. The third kappa shape index (κ3) is 5.53. The lowest BCUT2D eigenvalue weighted by Crippen LogP contribution is -2.54. The molecule has 0 atom stereocenters. The molecule has 9 heteroatoms. The minimum absolute atomic E-state index is 0.0326. The Balaban J connectivity index is 1.47. The average Bonchev–Trinajstić information content (AvgIpc) is 2.83. The second kappa shape index (κ2) is 9.92. The Morgan fingerprint density at radius 3 is 2.46 bits per heavy atom. The zero-order chi connectivity index (χ0) is 24.9. The fourth-order valence-corrected chi connectivity index (χ4v) is 3.34. The van der Waals surface area contributed by atoms with Crippen molar-refractivity contribution in [3.8, 4) is 11.5 Å². The number of phenols is 1. The largest absolute Gasteiger partial charge is 0.508 e. The smallest absolute Gasteiger partial charge is 0.335 e. The summed E-state index contributed by atoms with van der Waals surface area (Å²) in [5, 5.41) is 14.3. The highest BCUT2D eigenvalue weighted by molar-refractivity contribution is 6.39. The zero-order valence-corrected chi connectivity index (χ0v) is 18.6. The highest BCUT2D eigenvalue weighted by Gasteiger charge is 2.36. The molecule has 0 aromatic heterocycles. The van der Waals surface area contributed by atoms with Gasteiger partial charge in [0, 0.05) is 5.69 Å². The van der Waals surface area contributed by atoms with Crippen molar-refractivity contribution < 1.29 is 29.0 Å². The molecule has 4 rings (SSSR count). The summed E-state index contributed by atoms with van der Waals surface area (Å²) in [7, 11) is 0. The van der Waals surface area contributed by atoms with Crippen molar-refractivity contribution in [1.29, 1.82) is 0 Å². The molecule has 0 unspecified atom stereocenters. The fourth-order valence-electron chi connectivity index (χ4n) is 3.34. The molecule has 1 saturated heterocycles. The van der Waals surface area contributed by atoms with Gasteiger partial charge >= 0.3 is 6.03 Å². The van der Waals surface area contributed by atoms with E-state index in [-0.39, 0.29) is 29.5 Å². The molecule has 1 heterocycles. The maximum atomic E-state index is 13.0. The Morgan fingerprint density at radius 2 is 1.74 bits per heavy atom. The first kappa shape index (κ1) is 23.2. The van der Waals surface area contributed by atoms with E-state index in [0.29, 0.717) is 17.0 Å². The Labute approximate surface area is 200 Å². The number of anilines is 2. The van der Waals surface area contributed by atoms with Crippen molar-refractivity contribution in [1.82, 2.24) is 5.32 Å². The second-order valence-corrected chi connectivity index (χ2v) is 7.75. The number of urea groups is 1. The van der Waals surface area contributed by atoms with E-state index in [9.17, 15) is 24.3 Å². The van der Waals surface area contributed by atoms with Crippen LogP contribution in [0.5, 0.6) is 11.5 Å². The zero-order valence-electron chi connectivity index (χ0n) is 18.6. The maximum Gasteiger partial charge on any atom is 0.335 e. The summed E-state index contributed by atoms with van der Waals surface area (Å²) in [5.41, 5.74) is 2.12. The highest BCUT2D eigenvalue weighted by Crippen LogP contribution is 2.24. The Kier molecular flexibility index (Phi) is 6.59. The summed E-state index contributed by atoms with van der Waals surface area (Å²) >= 11 is 0. The van der Waals surface area contributed by atoms with E-state index in [0.717, 1.165) is 10.5 Å². The Morgan fingerprint density at radius 1 is 1.03 bits per heavy atom. The average molecular weight is 471 g/mol. The summed E-state index contributed by atoms with van der Waals surface area (Å²) in [5.74, 6) is -1.67.